The number of urea groups is 1. The van der Waals surface area contributed by atoms with Gasteiger partial charge in [-0.15, -0.1) is 0 Å². The summed E-state index contributed by atoms with van der Waals surface area (Å²) in [6, 6.07) is 15.4. The summed E-state index contributed by atoms with van der Waals surface area (Å²) in [5.74, 6) is 2.29. The van der Waals surface area contributed by atoms with E-state index >= 15 is 0 Å². The summed E-state index contributed by atoms with van der Waals surface area (Å²) < 4.78 is 78.7. The van der Waals surface area contributed by atoms with E-state index in [1.807, 2.05) is 43.1 Å². The van der Waals surface area contributed by atoms with Crippen LogP contribution in [0.15, 0.2) is 77.6 Å². The molecule has 53 heavy (non-hydrogen) atoms. The quantitative estimate of drug-likeness (QED) is 0.155. The molecule has 2 aromatic heterocycles. The Morgan fingerprint density at radius 1 is 1.08 bits per heavy atom. The van der Waals surface area contributed by atoms with E-state index in [-0.39, 0.29) is 23.2 Å². The Morgan fingerprint density at radius 3 is 2.43 bits per heavy atom. The third-order valence-corrected chi connectivity index (χ3v) is 9.31. The van der Waals surface area contributed by atoms with Crippen LogP contribution in [-0.4, -0.2) is 74.3 Å². The summed E-state index contributed by atoms with van der Waals surface area (Å²) in [4.78, 5) is 26.7. The van der Waals surface area contributed by atoms with Crippen molar-refractivity contribution < 1.29 is 40.6 Å². The molecule has 4 aromatic rings. The monoisotopic (exact) mass is 777 g/mol. The molecule has 0 saturated heterocycles. The van der Waals surface area contributed by atoms with Gasteiger partial charge in [0.2, 0.25) is 5.88 Å². The molecular weight excluding hydrogens is 739 g/mol. The van der Waals surface area contributed by atoms with E-state index in [0.29, 0.717) is 60.3 Å². The number of nitrogens with zero attached hydrogens (tertiary/aromatic N) is 6. The molecule has 13 nitrogen and oxygen atoms in total. The minimum absolute atomic E-state index is 0.0172. The van der Waals surface area contributed by atoms with Crippen LogP contribution in [0, 0.1) is 0 Å². The van der Waals surface area contributed by atoms with E-state index in [9.17, 15) is 26.4 Å². The van der Waals surface area contributed by atoms with Crippen molar-refractivity contribution in [2.24, 2.45) is 10.1 Å². The number of amides is 2. The van der Waals surface area contributed by atoms with Crippen LogP contribution in [0.5, 0.6) is 17.4 Å². The zero-order chi connectivity index (χ0) is 38.7. The molecule has 18 heteroatoms. The second kappa shape index (κ2) is 18.7. The SMILES string of the molecule is CCN(C)[C@H]1C[C@@H](c2cccc(C(F)(F)F)c2)CC[C@@H]1Oc1ccc(N(Cc2ccc(OC)cc2OC)c2ccncn2)c(Cl)n1.NC(=O)N=S(=O)=O. The molecule has 0 unspecified atom stereocenters. The van der Waals surface area contributed by atoms with E-state index in [1.165, 1.54) is 18.5 Å². The van der Waals surface area contributed by atoms with Crippen LogP contribution in [-0.2, 0) is 23.2 Å². The number of likely N-dealkylation sites (N-methyl/N-ethyl adjacent to an activating group) is 1. The zero-order valence-electron chi connectivity index (χ0n) is 29.3. The Balaban J connectivity index is 0.000000815. The van der Waals surface area contributed by atoms with Crippen molar-refractivity contribution in [2.45, 2.75) is 57.0 Å². The number of primary amides is 1. The molecule has 2 aromatic carbocycles. The minimum Gasteiger partial charge on any atom is -0.497 e. The Kier molecular flexibility index (Phi) is 14.4. The average molecular weight is 778 g/mol. The molecule has 2 N–H and O–H groups in total. The molecule has 2 heterocycles. The van der Waals surface area contributed by atoms with E-state index in [2.05, 4.69) is 29.9 Å². The maximum atomic E-state index is 13.4. The topological polar surface area (TPSA) is 162 Å². The largest absolute Gasteiger partial charge is 0.497 e. The summed E-state index contributed by atoms with van der Waals surface area (Å²) in [5, 5.41) is 0.224. The van der Waals surface area contributed by atoms with Crippen LogP contribution in [0.25, 0.3) is 0 Å². The van der Waals surface area contributed by atoms with Crippen molar-refractivity contribution in [1.82, 2.24) is 19.9 Å². The van der Waals surface area contributed by atoms with Gasteiger partial charge in [-0.1, -0.05) is 41.1 Å². The molecule has 284 valence electrons. The van der Waals surface area contributed by atoms with Crippen molar-refractivity contribution in [2.75, 3.05) is 32.7 Å². The van der Waals surface area contributed by atoms with Gasteiger partial charge in [0.25, 0.3) is 0 Å². The number of halogens is 4. The first kappa shape index (κ1) is 40.8. The predicted molar refractivity (Wildman–Crippen MR) is 192 cm³/mol. The van der Waals surface area contributed by atoms with Gasteiger partial charge < -0.3 is 24.8 Å². The number of hydrogen-bond donors (Lipinski definition) is 1. The first-order valence-corrected chi connectivity index (χ1v) is 17.7. The Labute approximate surface area is 311 Å². The highest BCUT2D eigenvalue weighted by atomic mass is 35.5. The molecule has 2 amide bonds. The summed E-state index contributed by atoms with van der Waals surface area (Å²) in [6.07, 6.45) is 0.525. The van der Waals surface area contributed by atoms with E-state index in [1.54, 1.807) is 38.6 Å². The molecule has 1 fully saturated rings. The second-order valence-corrected chi connectivity index (χ2v) is 12.8. The maximum absolute atomic E-state index is 13.4. The zero-order valence-corrected chi connectivity index (χ0v) is 30.9. The van der Waals surface area contributed by atoms with Crippen molar-refractivity contribution in [3.63, 3.8) is 0 Å². The Bertz CT molecular complexity index is 1980. The normalized spacial score (nSPS) is 16.9. The van der Waals surface area contributed by atoms with Gasteiger partial charge in [0.1, 0.15) is 29.7 Å². The number of methoxy groups -OCH3 is 2. The molecule has 0 aliphatic heterocycles. The number of pyridine rings is 1. The Morgan fingerprint density at radius 2 is 1.85 bits per heavy atom. The molecule has 0 radical (unpaired) electrons. The lowest BCUT2D eigenvalue weighted by Gasteiger charge is -2.40. The van der Waals surface area contributed by atoms with Crippen LogP contribution < -0.4 is 24.8 Å². The van der Waals surface area contributed by atoms with Crippen molar-refractivity contribution in [1.29, 1.82) is 0 Å². The average Bonchev–Trinajstić information content (AvgIpc) is 3.13. The lowest BCUT2D eigenvalue weighted by atomic mass is 9.79. The lowest BCUT2D eigenvalue weighted by Crippen LogP contribution is -2.47. The third kappa shape index (κ3) is 11.2. The van der Waals surface area contributed by atoms with Crippen LogP contribution >= 0.6 is 11.6 Å². The van der Waals surface area contributed by atoms with Gasteiger partial charge >= 0.3 is 22.7 Å². The number of alkyl halides is 3. The third-order valence-electron chi connectivity index (χ3n) is 8.70. The summed E-state index contributed by atoms with van der Waals surface area (Å²) in [6.45, 7) is 3.18. The van der Waals surface area contributed by atoms with Crippen LogP contribution in [0.4, 0.5) is 29.5 Å². The van der Waals surface area contributed by atoms with E-state index in [0.717, 1.165) is 18.2 Å². The van der Waals surface area contributed by atoms with Crippen molar-refractivity contribution in [3.05, 3.63) is 95.0 Å². The highest BCUT2D eigenvalue weighted by Crippen LogP contribution is 2.40. The van der Waals surface area contributed by atoms with Gasteiger partial charge in [0.15, 0.2) is 5.15 Å². The van der Waals surface area contributed by atoms with Crippen molar-refractivity contribution in [3.8, 4) is 17.4 Å². The van der Waals surface area contributed by atoms with E-state index in [4.69, 9.17) is 25.8 Å². The van der Waals surface area contributed by atoms with Gasteiger partial charge in [-0.05, 0) is 74.7 Å². The summed E-state index contributed by atoms with van der Waals surface area (Å²) in [5.41, 5.74) is 5.86. The number of hydrogen-bond acceptors (Lipinski definition) is 11. The van der Waals surface area contributed by atoms with E-state index < -0.39 is 28.3 Å². The number of carbonyl (C=O) groups is 1. The van der Waals surface area contributed by atoms with Gasteiger partial charge in [-0.25, -0.2) is 14.8 Å². The smallest absolute Gasteiger partial charge is 0.416 e. The number of rotatable bonds is 11. The molecule has 1 aliphatic carbocycles. The number of ether oxygens (including phenoxy) is 3. The van der Waals surface area contributed by atoms with Gasteiger partial charge in [0, 0.05) is 29.9 Å². The van der Waals surface area contributed by atoms with Gasteiger partial charge in [0.05, 0.1) is 32.0 Å². The minimum atomic E-state index is -4.38. The molecular formula is C35H39ClF3N7O6S. The number of aromatic nitrogens is 3. The number of anilines is 2. The van der Waals surface area contributed by atoms with Crippen LogP contribution in [0.3, 0.4) is 0 Å². The standard InChI is InChI=1S/C34H37ClF3N5O3.CH2N2O3S/c1-5-42(2)28-18-23(22-7-6-8-25(17-22)34(36,37)38)10-13-29(28)46-32-14-12-27(33(35)41-32)43(31-15-16-39-21-40-31)20-24-9-11-26(44-3)19-30(24)45-4;2-1(4)3-7(5)6/h6-9,11-12,14-17,19,21,23,28-29H,5,10,13,18,20H2,1-4H3;(H2,2,4)/t23-,28-,29-;/m0./s1. The summed E-state index contributed by atoms with van der Waals surface area (Å²) >= 11 is 6.83. The molecule has 5 rings (SSSR count). The predicted octanol–water partition coefficient (Wildman–Crippen LogP) is 7.06. The molecule has 1 aliphatic rings. The highest BCUT2D eigenvalue weighted by Gasteiger charge is 2.37. The lowest BCUT2D eigenvalue weighted by molar-refractivity contribution is -0.137. The first-order valence-electron chi connectivity index (χ1n) is 16.3. The molecule has 3 atom stereocenters. The maximum Gasteiger partial charge on any atom is 0.416 e. The fraction of sp³-hybridized carbons (Fsp3) is 0.371. The fourth-order valence-electron chi connectivity index (χ4n) is 6.02. The van der Waals surface area contributed by atoms with Gasteiger partial charge in [-0.3, -0.25) is 4.90 Å². The Hall–Kier alpha value is -5.00. The fourth-order valence-corrected chi connectivity index (χ4v) is 6.41. The van der Waals surface area contributed by atoms with Crippen LogP contribution in [0.2, 0.25) is 5.15 Å². The number of carbonyl (C=O) groups excluding carboxylic acids is 1. The molecule has 0 spiro atoms. The molecule has 0 bridgehead atoms. The second-order valence-electron chi connectivity index (χ2n) is 11.9. The first-order chi connectivity index (χ1) is 25.2. The summed E-state index contributed by atoms with van der Waals surface area (Å²) in [7, 11) is 2.51. The number of benzene rings is 2. The van der Waals surface area contributed by atoms with Gasteiger partial charge in [-0.2, -0.15) is 26.6 Å². The number of nitrogens with two attached hydrogens (primary N) is 1. The highest BCUT2D eigenvalue weighted by molar-refractivity contribution is 7.62. The van der Waals surface area contributed by atoms with Crippen LogP contribution in [0.1, 0.15) is 48.8 Å². The van der Waals surface area contributed by atoms with Crippen molar-refractivity contribution >= 4 is 39.6 Å². The molecule has 1 saturated carbocycles.